The molecule has 0 N–H and O–H groups in total. The molecule has 1 saturated heterocycles. The van der Waals surface area contributed by atoms with Gasteiger partial charge in [-0.2, -0.15) is 0 Å². The second kappa shape index (κ2) is 10.4. The van der Waals surface area contributed by atoms with Gasteiger partial charge in [0.25, 0.3) is 5.91 Å². The number of halogens is 1. The molecule has 0 aromatic heterocycles. The lowest BCUT2D eigenvalue weighted by Gasteiger charge is -2.47. The van der Waals surface area contributed by atoms with Crippen LogP contribution in [0.2, 0.25) is 5.02 Å². The molecule has 2 aliphatic heterocycles. The molecular weight excluding hydrogens is 498 g/mol. The molecule has 1 fully saturated rings. The van der Waals surface area contributed by atoms with Gasteiger partial charge in [0.2, 0.25) is 0 Å². The normalized spacial score (nSPS) is 21.1. The average Bonchev–Trinajstić information content (AvgIpc) is 3.15. The quantitative estimate of drug-likeness (QED) is 0.312. The highest BCUT2D eigenvalue weighted by atomic mass is 35.5. The lowest BCUT2D eigenvalue weighted by molar-refractivity contribution is -0.122. The molecule has 37 heavy (non-hydrogen) atoms. The van der Waals surface area contributed by atoms with E-state index in [-0.39, 0.29) is 11.4 Å². The Morgan fingerprint density at radius 2 is 1.76 bits per heavy atom. The summed E-state index contributed by atoms with van der Waals surface area (Å²) < 4.78 is 0. The van der Waals surface area contributed by atoms with Gasteiger partial charge in [-0.25, -0.2) is 4.99 Å². The van der Waals surface area contributed by atoms with Gasteiger partial charge in [0.05, 0.1) is 17.1 Å². The summed E-state index contributed by atoms with van der Waals surface area (Å²) in [6.45, 7) is 10.4. The minimum absolute atomic E-state index is 0.0540. The molecule has 0 saturated carbocycles. The van der Waals surface area contributed by atoms with Gasteiger partial charge >= 0.3 is 0 Å². The van der Waals surface area contributed by atoms with E-state index in [9.17, 15) is 4.79 Å². The van der Waals surface area contributed by atoms with Crippen LogP contribution in [0, 0.1) is 0 Å². The van der Waals surface area contributed by atoms with Gasteiger partial charge in [-0.05, 0) is 91.9 Å². The number of nitrogens with zero attached hydrogens (tertiary/aromatic N) is 3. The minimum atomic E-state index is -0.0540. The molecule has 1 amide bonds. The van der Waals surface area contributed by atoms with Crippen molar-refractivity contribution in [3.8, 4) is 0 Å². The molecule has 1 atom stereocenters. The Balaban J connectivity index is 1.53. The molecule has 6 heteroatoms. The number of aliphatic imine (C=N–C) groups is 1. The highest BCUT2D eigenvalue weighted by molar-refractivity contribution is 8.18. The topological polar surface area (TPSA) is 35.9 Å². The van der Waals surface area contributed by atoms with E-state index < -0.39 is 0 Å². The average molecular weight is 530 g/mol. The Bertz CT molecular complexity index is 1370. The van der Waals surface area contributed by atoms with Crippen LogP contribution in [-0.4, -0.2) is 28.1 Å². The first-order valence-corrected chi connectivity index (χ1v) is 14.0. The molecule has 2 aliphatic rings. The molecule has 0 spiro atoms. The number of carbonyl (C=O) groups excluding carboxylic acids is 1. The first-order chi connectivity index (χ1) is 17.8. The molecule has 1 unspecified atom stereocenters. The molecule has 0 radical (unpaired) electrons. The van der Waals surface area contributed by atoms with Crippen molar-refractivity contribution in [3.05, 3.63) is 99.4 Å². The van der Waals surface area contributed by atoms with E-state index in [0.717, 1.165) is 29.8 Å². The summed E-state index contributed by atoms with van der Waals surface area (Å²) >= 11 is 8.25. The van der Waals surface area contributed by atoms with Gasteiger partial charge in [-0.1, -0.05) is 67.1 Å². The SMILES string of the molecule is CCN1c2cc(Cl)c(/C=C3/SC(=Nc4ccccc4)N(Cc4ccccc4)C3=O)cc2C(C)CC1(C)C. The van der Waals surface area contributed by atoms with E-state index in [4.69, 9.17) is 16.6 Å². The maximum absolute atomic E-state index is 13.7. The highest BCUT2D eigenvalue weighted by Gasteiger charge is 2.37. The first-order valence-electron chi connectivity index (χ1n) is 12.8. The lowest BCUT2D eigenvalue weighted by Crippen LogP contribution is -2.48. The van der Waals surface area contributed by atoms with E-state index >= 15 is 0 Å². The molecule has 4 nitrogen and oxygen atoms in total. The van der Waals surface area contributed by atoms with Crippen molar-refractivity contribution in [2.24, 2.45) is 4.99 Å². The number of thioether (sulfide) groups is 1. The monoisotopic (exact) mass is 529 g/mol. The van der Waals surface area contributed by atoms with E-state index in [0.29, 0.717) is 27.6 Å². The zero-order chi connectivity index (χ0) is 26.2. The highest BCUT2D eigenvalue weighted by Crippen LogP contribution is 2.46. The summed E-state index contributed by atoms with van der Waals surface area (Å²) in [5, 5.41) is 1.33. The van der Waals surface area contributed by atoms with Gasteiger partial charge < -0.3 is 4.90 Å². The van der Waals surface area contributed by atoms with Crippen molar-refractivity contribution in [1.82, 2.24) is 4.90 Å². The summed E-state index contributed by atoms with van der Waals surface area (Å²) in [5.41, 5.74) is 5.30. The van der Waals surface area contributed by atoms with Gasteiger partial charge in [0.1, 0.15) is 0 Å². The Morgan fingerprint density at radius 3 is 2.43 bits per heavy atom. The van der Waals surface area contributed by atoms with Crippen LogP contribution in [-0.2, 0) is 11.3 Å². The fraction of sp³-hybridized carbons (Fsp3) is 0.290. The van der Waals surface area contributed by atoms with E-state index in [1.54, 1.807) is 4.90 Å². The van der Waals surface area contributed by atoms with Crippen LogP contribution in [0.1, 0.15) is 56.7 Å². The van der Waals surface area contributed by atoms with Crippen LogP contribution in [0.4, 0.5) is 11.4 Å². The van der Waals surface area contributed by atoms with Crippen molar-refractivity contribution in [1.29, 1.82) is 0 Å². The Hall–Kier alpha value is -3.02. The fourth-order valence-electron chi connectivity index (χ4n) is 5.48. The third kappa shape index (κ3) is 5.21. The van der Waals surface area contributed by atoms with Gasteiger partial charge in [-0.3, -0.25) is 9.69 Å². The zero-order valence-corrected chi connectivity index (χ0v) is 23.3. The third-order valence-electron chi connectivity index (χ3n) is 7.16. The van der Waals surface area contributed by atoms with Crippen molar-refractivity contribution >= 4 is 51.9 Å². The zero-order valence-electron chi connectivity index (χ0n) is 21.7. The number of para-hydroxylation sites is 1. The fourth-order valence-corrected chi connectivity index (χ4v) is 6.68. The van der Waals surface area contributed by atoms with Crippen LogP contribution in [0.25, 0.3) is 6.08 Å². The van der Waals surface area contributed by atoms with Crippen molar-refractivity contribution < 1.29 is 4.79 Å². The first kappa shape index (κ1) is 25.6. The van der Waals surface area contributed by atoms with Crippen LogP contribution in [0.5, 0.6) is 0 Å². The molecule has 3 aromatic carbocycles. The molecule has 0 aliphatic carbocycles. The van der Waals surface area contributed by atoms with Gasteiger partial charge in [-0.15, -0.1) is 0 Å². The Kier molecular flexibility index (Phi) is 7.19. The number of amides is 1. The predicted molar refractivity (Wildman–Crippen MR) is 158 cm³/mol. The maximum atomic E-state index is 13.7. The number of amidine groups is 1. The summed E-state index contributed by atoms with van der Waals surface area (Å²) in [5.74, 6) is 0.348. The van der Waals surface area contributed by atoms with E-state index in [1.165, 1.54) is 23.0 Å². The molecule has 5 rings (SSSR count). The van der Waals surface area contributed by atoms with Gasteiger partial charge in [0.15, 0.2) is 5.17 Å². The second-order valence-corrected chi connectivity index (χ2v) is 11.7. The number of fused-ring (bicyclic) bond motifs is 1. The molecular formula is C31H32ClN3OS. The molecule has 190 valence electrons. The standard InChI is InChI=1S/C31H32ClN3OS/c1-5-35-27-18-26(32)23(16-25(27)21(2)19-31(35,3)4)17-28-29(36)34(20-22-12-8-6-9-13-22)30(37-28)33-24-14-10-7-11-15-24/h6-18,21H,5,19-20H2,1-4H3/b28-17+,33-30?. The Labute approximate surface area is 229 Å². The lowest BCUT2D eigenvalue weighted by atomic mass is 9.79. The van der Waals surface area contributed by atoms with Crippen molar-refractivity contribution in [3.63, 3.8) is 0 Å². The summed E-state index contributed by atoms with van der Waals surface area (Å²) in [4.78, 5) is 23.3. The Morgan fingerprint density at radius 1 is 1.08 bits per heavy atom. The predicted octanol–water partition coefficient (Wildman–Crippen LogP) is 8.26. The number of hydrogen-bond donors (Lipinski definition) is 0. The molecule has 3 aromatic rings. The number of rotatable bonds is 5. The number of carbonyl (C=O) groups is 1. The maximum Gasteiger partial charge on any atom is 0.267 e. The molecule has 2 heterocycles. The third-order valence-corrected chi connectivity index (χ3v) is 8.49. The van der Waals surface area contributed by atoms with Crippen LogP contribution in [0.3, 0.4) is 0 Å². The summed E-state index contributed by atoms with van der Waals surface area (Å²) in [6, 6.07) is 24.0. The molecule has 0 bridgehead atoms. The van der Waals surface area contributed by atoms with Gasteiger partial charge in [0, 0.05) is 22.8 Å². The van der Waals surface area contributed by atoms with Crippen molar-refractivity contribution in [2.45, 2.75) is 52.1 Å². The van der Waals surface area contributed by atoms with Crippen molar-refractivity contribution in [2.75, 3.05) is 11.4 Å². The minimum Gasteiger partial charge on any atom is -0.366 e. The van der Waals surface area contributed by atoms with E-state index in [2.05, 4.69) is 44.7 Å². The number of benzene rings is 3. The van der Waals surface area contributed by atoms with E-state index in [1.807, 2.05) is 66.7 Å². The summed E-state index contributed by atoms with van der Waals surface area (Å²) in [6.07, 6.45) is 3.00. The number of anilines is 1. The smallest absolute Gasteiger partial charge is 0.267 e. The van der Waals surface area contributed by atoms with Crippen LogP contribution < -0.4 is 4.90 Å². The number of hydrogen-bond acceptors (Lipinski definition) is 4. The second-order valence-electron chi connectivity index (χ2n) is 10.3. The largest absolute Gasteiger partial charge is 0.366 e. The van der Waals surface area contributed by atoms with Crippen LogP contribution in [0.15, 0.2) is 82.7 Å². The van der Waals surface area contributed by atoms with Crippen LogP contribution >= 0.6 is 23.4 Å². The summed E-state index contributed by atoms with van der Waals surface area (Å²) in [7, 11) is 0.